The highest BCUT2D eigenvalue weighted by Gasteiger charge is 2.24. The fourth-order valence-electron chi connectivity index (χ4n) is 1.84. The number of carbonyl (C=O) groups is 1. The summed E-state index contributed by atoms with van der Waals surface area (Å²) in [6, 6.07) is 0.366. The lowest BCUT2D eigenvalue weighted by molar-refractivity contribution is -0.123. The number of rotatable bonds is 2. The molecule has 0 aromatic carbocycles. The van der Waals surface area contributed by atoms with Crippen LogP contribution in [0.4, 0.5) is 0 Å². The van der Waals surface area contributed by atoms with E-state index in [1.54, 1.807) is 11.8 Å². The molecule has 2 aliphatic rings. The molecule has 0 unspecified atom stereocenters. The van der Waals surface area contributed by atoms with Crippen LogP contribution < -0.4 is 16.0 Å². The van der Waals surface area contributed by atoms with Gasteiger partial charge in [0, 0.05) is 24.2 Å². The van der Waals surface area contributed by atoms with Crippen LogP contribution >= 0.6 is 24.2 Å². The van der Waals surface area contributed by atoms with Gasteiger partial charge in [0.1, 0.15) is 0 Å². The van der Waals surface area contributed by atoms with E-state index >= 15 is 0 Å². The van der Waals surface area contributed by atoms with Crippen molar-refractivity contribution in [1.29, 1.82) is 0 Å². The largest absolute Gasteiger partial charge is 0.351 e. The summed E-state index contributed by atoms with van der Waals surface area (Å²) in [6.45, 7) is 2.01. The third-order valence-electron chi connectivity index (χ3n) is 2.68. The van der Waals surface area contributed by atoms with Gasteiger partial charge in [0.15, 0.2) is 0 Å². The van der Waals surface area contributed by atoms with Crippen molar-refractivity contribution >= 4 is 30.1 Å². The Morgan fingerprint density at radius 3 is 2.93 bits per heavy atom. The summed E-state index contributed by atoms with van der Waals surface area (Å²) in [7, 11) is 0. The van der Waals surface area contributed by atoms with Crippen molar-refractivity contribution in [1.82, 2.24) is 16.0 Å². The fraction of sp³-hybridized carbons (Fsp3) is 0.889. The number of thioether (sulfide) groups is 1. The third-order valence-corrected chi connectivity index (χ3v) is 3.62. The molecule has 0 aromatic heterocycles. The third kappa shape index (κ3) is 3.83. The van der Waals surface area contributed by atoms with E-state index in [1.807, 2.05) is 0 Å². The molecule has 1 amide bonds. The van der Waals surface area contributed by atoms with Crippen LogP contribution in [0.1, 0.15) is 12.8 Å². The van der Waals surface area contributed by atoms with E-state index in [0.717, 1.165) is 37.6 Å². The fourth-order valence-corrected chi connectivity index (χ4v) is 2.78. The summed E-state index contributed by atoms with van der Waals surface area (Å²) in [5.41, 5.74) is 0. The molecule has 3 N–H and O–H groups in total. The number of carbonyl (C=O) groups excluding carboxylic acids is 1. The number of nitrogens with one attached hydrogen (secondary N) is 3. The Bertz CT molecular complexity index is 206. The quantitative estimate of drug-likeness (QED) is 0.644. The molecule has 0 radical (unpaired) electrons. The minimum atomic E-state index is 0. The minimum Gasteiger partial charge on any atom is -0.351 e. The van der Waals surface area contributed by atoms with Crippen molar-refractivity contribution in [2.24, 2.45) is 0 Å². The number of halogens is 1. The Hall–Kier alpha value is 0.0300. The van der Waals surface area contributed by atoms with Crippen molar-refractivity contribution in [3.8, 4) is 0 Å². The van der Waals surface area contributed by atoms with Gasteiger partial charge < -0.3 is 10.6 Å². The molecule has 88 valence electrons. The van der Waals surface area contributed by atoms with E-state index in [0.29, 0.717) is 6.04 Å². The van der Waals surface area contributed by atoms with Gasteiger partial charge in [-0.3, -0.25) is 10.1 Å². The second kappa shape index (κ2) is 6.58. The average molecular weight is 252 g/mol. The molecule has 0 spiro atoms. The number of piperidine rings is 1. The molecule has 2 fully saturated rings. The first-order valence-corrected chi connectivity index (χ1v) is 6.34. The highest BCUT2D eigenvalue weighted by atomic mass is 35.5. The first-order valence-electron chi connectivity index (χ1n) is 5.18. The van der Waals surface area contributed by atoms with Crippen LogP contribution in [-0.4, -0.2) is 42.7 Å². The first kappa shape index (κ1) is 13.1. The predicted octanol–water partition coefficient (Wildman–Crippen LogP) is -0.0611. The van der Waals surface area contributed by atoms with E-state index in [4.69, 9.17) is 0 Å². The van der Waals surface area contributed by atoms with E-state index in [1.165, 1.54) is 0 Å². The van der Waals surface area contributed by atoms with Gasteiger partial charge in [-0.05, 0) is 19.4 Å². The van der Waals surface area contributed by atoms with Crippen molar-refractivity contribution in [2.75, 3.05) is 24.7 Å². The van der Waals surface area contributed by atoms with Crippen molar-refractivity contribution in [3.63, 3.8) is 0 Å². The lowest BCUT2D eigenvalue weighted by Gasteiger charge is -2.25. The second-order valence-corrected chi connectivity index (χ2v) is 4.85. The lowest BCUT2D eigenvalue weighted by atomic mass is 10.1. The summed E-state index contributed by atoms with van der Waals surface area (Å²) in [5.74, 6) is 1.98. The summed E-state index contributed by atoms with van der Waals surface area (Å²) >= 11 is 1.78. The SMILES string of the molecule is Cl.O=C(N[C@H]1CCCNC1)[C@H]1CSCN1. The molecule has 6 heteroatoms. The van der Waals surface area contributed by atoms with Crippen molar-refractivity contribution < 1.29 is 4.79 Å². The Labute approximate surface area is 101 Å². The standard InChI is InChI=1S/C9H17N3OS.ClH/c13-9(8-5-14-6-11-8)12-7-2-1-3-10-4-7;/h7-8,10-11H,1-6H2,(H,12,13);1H/t7-,8+;/m0./s1. The highest BCUT2D eigenvalue weighted by molar-refractivity contribution is 7.99. The molecule has 4 nitrogen and oxygen atoms in total. The zero-order valence-electron chi connectivity index (χ0n) is 8.62. The molecule has 2 aliphatic heterocycles. The van der Waals surface area contributed by atoms with E-state index in [-0.39, 0.29) is 24.4 Å². The van der Waals surface area contributed by atoms with Gasteiger partial charge in [-0.25, -0.2) is 0 Å². The summed E-state index contributed by atoms with van der Waals surface area (Å²) in [5, 5.41) is 9.55. The smallest absolute Gasteiger partial charge is 0.238 e. The monoisotopic (exact) mass is 251 g/mol. The molecule has 15 heavy (non-hydrogen) atoms. The molecule has 2 rings (SSSR count). The molecule has 2 atom stereocenters. The Morgan fingerprint density at radius 1 is 1.47 bits per heavy atom. The zero-order valence-corrected chi connectivity index (χ0v) is 10.3. The van der Waals surface area contributed by atoms with Gasteiger partial charge in [-0.15, -0.1) is 24.2 Å². The summed E-state index contributed by atoms with van der Waals surface area (Å²) in [4.78, 5) is 11.7. The van der Waals surface area contributed by atoms with Crippen LogP contribution in [0.3, 0.4) is 0 Å². The van der Waals surface area contributed by atoms with Crippen LogP contribution in [0.2, 0.25) is 0 Å². The Morgan fingerprint density at radius 2 is 2.33 bits per heavy atom. The lowest BCUT2D eigenvalue weighted by Crippen LogP contribution is -2.51. The molecular weight excluding hydrogens is 234 g/mol. The van der Waals surface area contributed by atoms with Gasteiger partial charge in [-0.1, -0.05) is 0 Å². The van der Waals surface area contributed by atoms with Gasteiger partial charge in [0.25, 0.3) is 0 Å². The van der Waals surface area contributed by atoms with Gasteiger partial charge in [0.05, 0.1) is 6.04 Å². The summed E-state index contributed by atoms with van der Waals surface area (Å²) < 4.78 is 0. The molecule has 0 bridgehead atoms. The molecule has 0 aliphatic carbocycles. The van der Waals surface area contributed by atoms with Gasteiger partial charge >= 0.3 is 0 Å². The van der Waals surface area contributed by atoms with Crippen LogP contribution in [0.5, 0.6) is 0 Å². The maximum Gasteiger partial charge on any atom is 0.238 e. The highest BCUT2D eigenvalue weighted by Crippen LogP contribution is 2.10. The van der Waals surface area contributed by atoms with Crippen LogP contribution in [0.25, 0.3) is 0 Å². The first-order chi connectivity index (χ1) is 6.86. The molecule has 0 saturated carbocycles. The second-order valence-electron chi connectivity index (χ2n) is 3.82. The Balaban J connectivity index is 0.00000112. The van der Waals surface area contributed by atoms with E-state index in [9.17, 15) is 4.79 Å². The predicted molar refractivity (Wildman–Crippen MR) is 65.5 cm³/mol. The van der Waals surface area contributed by atoms with Crippen molar-refractivity contribution in [3.05, 3.63) is 0 Å². The van der Waals surface area contributed by atoms with E-state index < -0.39 is 0 Å². The minimum absolute atomic E-state index is 0. The average Bonchev–Trinajstić information content (AvgIpc) is 2.72. The van der Waals surface area contributed by atoms with Crippen molar-refractivity contribution in [2.45, 2.75) is 24.9 Å². The van der Waals surface area contributed by atoms with Crippen LogP contribution in [0, 0.1) is 0 Å². The zero-order chi connectivity index (χ0) is 9.80. The van der Waals surface area contributed by atoms with Gasteiger partial charge in [0.2, 0.25) is 5.91 Å². The van der Waals surface area contributed by atoms with Crippen LogP contribution in [-0.2, 0) is 4.79 Å². The summed E-state index contributed by atoms with van der Waals surface area (Å²) in [6.07, 6.45) is 2.27. The topological polar surface area (TPSA) is 53.2 Å². The maximum absolute atomic E-state index is 11.7. The van der Waals surface area contributed by atoms with E-state index in [2.05, 4.69) is 16.0 Å². The number of amides is 1. The van der Waals surface area contributed by atoms with Crippen LogP contribution in [0.15, 0.2) is 0 Å². The van der Waals surface area contributed by atoms with Gasteiger partial charge in [-0.2, -0.15) is 0 Å². The maximum atomic E-state index is 11.7. The molecule has 2 heterocycles. The number of hydrogen-bond acceptors (Lipinski definition) is 4. The Kier molecular flexibility index (Phi) is 5.74. The molecule has 0 aromatic rings. The normalized spacial score (nSPS) is 30.7. The molecule has 2 saturated heterocycles. The number of hydrogen-bond donors (Lipinski definition) is 3. The molecular formula is C9H18ClN3OS.